The Morgan fingerprint density at radius 3 is 2.50 bits per heavy atom. The summed E-state index contributed by atoms with van der Waals surface area (Å²) in [5.41, 5.74) is 11.8. The molecule has 5 heteroatoms. The van der Waals surface area contributed by atoms with Crippen molar-refractivity contribution in [3.63, 3.8) is 0 Å². The minimum absolute atomic E-state index is 0. The Morgan fingerprint density at radius 1 is 1.29 bits per heavy atom. The maximum absolute atomic E-state index is 7.32. The molecule has 1 heterocycles. The minimum Gasteiger partial charge on any atom is -0.397 e. The molecular weight excluding hydrogens is 218 g/mol. The van der Waals surface area contributed by atoms with Gasteiger partial charge in [-0.1, -0.05) is 18.2 Å². The monoisotopic (exact) mass is 227 g/mol. The first kappa shape index (κ1) is 10.8. The van der Waals surface area contributed by atoms with Gasteiger partial charge in [0, 0.05) is 10.1 Å². The summed E-state index contributed by atoms with van der Waals surface area (Å²) in [6.07, 6.45) is 0. The molecule has 0 fully saturated rings. The molecule has 14 heavy (non-hydrogen) atoms. The van der Waals surface area contributed by atoms with Gasteiger partial charge in [0.1, 0.15) is 5.84 Å². The number of amidine groups is 1. The molecule has 5 N–H and O–H groups in total. The van der Waals surface area contributed by atoms with Crippen molar-refractivity contribution in [2.75, 3.05) is 5.73 Å². The van der Waals surface area contributed by atoms with Crippen LogP contribution < -0.4 is 11.5 Å². The highest BCUT2D eigenvalue weighted by atomic mass is 35.5. The zero-order chi connectivity index (χ0) is 9.42. The van der Waals surface area contributed by atoms with Crippen molar-refractivity contribution in [1.29, 1.82) is 5.41 Å². The van der Waals surface area contributed by atoms with Crippen molar-refractivity contribution >= 4 is 45.4 Å². The number of thiophene rings is 1. The van der Waals surface area contributed by atoms with E-state index in [1.165, 1.54) is 11.3 Å². The Bertz CT molecular complexity index is 478. The lowest BCUT2D eigenvalue weighted by Gasteiger charge is -1.93. The Labute approximate surface area is 91.6 Å². The van der Waals surface area contributed by atoms with Crippen LogP contribution in [0.2, 0.25) is 0 Å². The van der Waals surface area contributed by atoms with Crippen LogP contribution in [0, 0.1) is 5.41 Å². The van der Waals surface area contributed by atoms with Crippen LogP contribution in [0.25, 0.3) is 10.1 Å². The van der Waals surface area contributed by atoms with Crippen LogP contribution in [-0.4, -0.2) is 5.84 Å². The van der Waals surface area contributed by atoms with Gasteiger partial charge in [-0.3, -0.25) is 5.41 Å². The van der Waals surface area contributed by atoms with Crippen molar-refractivity contribution < 1.29 is 0 Å². The van der Waals surface area contributed by atoms with Gasteiger partial charge in [-0.2, -0.15) is 0 Å². The highest BCUT2D eigenvalue weighted by Crippen LogP contribution is 2.32. The Kier molecular flexibility index (Phi) is 2.98. The normalized spacial score (nSPS) is 9.71. The highest BCUT2D eigenvalue weighted by molar-refractivity contribution is 7.21. The van der Waals surface area contributed by atoms with Gasteiger partial charge in [0.15, 0.2) is 0 Å². The van der Waals surface area contributed by atoms with Crippen LogP contribution in [0.1, 0.15) is 4.88 Å². The number of nitrogens with two attached hydrogens (primary N) is 2. The number of fused-ring (bicyclic) bond motifs is 1. The molecule has 0 saturated carbocycles. The van der Waals surface area contributed by atoms with Crippen molar-refractivity contribution in [2.45, 2.75) is 0 Å². The molecule has 0 aliphatic rings. The van der Waals surface area contributed by atoms with E-state index in [2.05, 4.69) is 0 Å². The lowest BCUT2D eigenvalue weighted by Crippen LogP contribution is -2.10. The summed E-state index contributed by atoms with van der Waals surface area (Å²) in [6.45, 7) is 0. The predicted molar refractivity (Wildman–Crippen MR) is 64.5 cm³/mol. The molecule has 0 saturated heterocycles. The molecule has 0 unspecified atom stereocenters. The molecule has 0 spiro atoms. The second-order valence-electron chi connectivity index (χ2n) is 2.75. The fourth-order valence-electron chi connectivity index (χ4n) is 1.27. The van der Waals surface area contributed by atoms with Gasteiger partial charge in [-0.05, 0) is 6.07 Å². The summed E-state index contributed by atoms with van der Waals surface area (Å²) in [5, 5.41) is 8.30. The van der Waals surface area contributed by atoms with E-state index >= 15 is 0 Å². The molecule has 74 valence electrons. The second-order valence-corrected chi connectivity index (χ2v) is 3.81. The van der Waals surface area contributed by atoms with Crippen molar-refractivity contribution in [1.82, 2.24) is 0 Å². The predicted octanol–water partition coefficient (Wildman–Crippen LogP) is 2.19. The van der Waals surface area contributed by atoms with Crippen molar-refractivity contribution in [2.24, 2.45) is 5.73 Å². The third-order valence-electron chi connectivity index (χ3n) is 1.88. The average Bonchev–Trinajstić information content (AvgIpc) is 2.45. The van der Waals surface area contributed by atoms with Crippen molar-refractivity contribution in [3.05, 3.63) is 29.1 Å². The number of rotatable bonds is 1. The summed E-state index contributed by atoms with van der Waals surface area (Å²) in [7, 11) is 0. The summed E-state index contributed by atoms with van der Waals surface area (Å²) in [4.78, 5) is 0.668. The molecule has 0 atom stereocenters. The lowest BCUT2D eigenvalue weighted by atomic mass is 10.2. The first-order valence-electron chi connectivity index (χ1n) is 3.81. The molecule has 0 aliphatic heterocycles. The van der Waals surface area contributed by atoms with E-state index < -0.39 is 0 Å². The maximum Gasteiger partial charge on any atom is 0.135 e. The van der Waals surface area contributed by atoms with Gasteiger partial charge in [0.2, 0.25) is 0 Å². The SMILES string of the molecule is Cl.N=C(N)c1sc2ccccc2c1N. The van der Waals surface area contributed by atoms with E-state index in [1.807, 2.05) is 24.3 Å². The second kappa shape index (κ2) is 3.86. The zero-order valence-corrected chi connectivity index (χ0v) is 8.91. The zero-order valence-electron chi connectivity index (χ0n) is 7.28. The first-order valence-corrected chi connectivity index (χ1v) is 4.63. The molecule has 0 amide bonds. The molecule has 1 aromatic carbocycles. The third kappa shape index (κ3) is 1.54. The van der Waals surface area contributed by atoms with E-state index in [-0.39, 0.29) is 18.2 Å². The van der Waals surface area contributed by atoms with Gasteiger partial charge < -0.3 is 11.5 Å². The summed E-state index contributed by atoms with van der Waals surface area (Å²) in [5.74, 6) is 0.0405. The third-order valence-corrected chi connectivity index (χ3v) is 3.10. The Hall–Kier alpha value is -1.26. The molecule has 0 aliphatic carbocycles. The number of anilines is 1. The largest absolute Gasteiger partial charge is 0.397 e. The number of hydrogen-bond acceptors (Lipinski definition) is 3. The number of benzene rings is 1. The topological polar surface area (TPSA) is 75.9 Å². The lowest BCUT2D eigenvalue weighted by molar-refractivity contribution is 1.46. The molecule has 2 aromatic rings. The molecule has 0 bridgehead atoms. The first-order chi connectivity index (χ1) is 6.20. The van der Waals surface area contributed by atoms with Crippen LogP contribution in [0.5, 0.6) is 0 Å². The van der Waals surface area contributed by atoms with Crippen LogP contribution >= 0.6 is 23.7 Å². The minimum atomic E-state index is 0. The number of hydrogen-bond donors (Lipinski definition) is 3. The Morgan fingerprint density at radius 2 is 1.93 bits per heavy atom. The summed E-state index contributed by atoms with van der Waals surface area (Å²) >= 11 is 1.46. The average molecular weight is 228 g/mol. The van der Waals surface area contributed by atoms with Crippen LogP contribution in [0.4, 0.5) is 5.69 Å². The standard InChI is InChI=1S/C9H9N3S.ClH/c10-7-5-3-1-2-4-6(5)13-8(7)9(11)12;/h1-4H,10H2,(H3,11,12);1H. The fourth-order valence-corrected chi connectivity index (χ4v) is 2.25. The van der Waals surface area contributed by atoms with Gasteiger partial charge in [0.25, 0.3) is 0 Å². The van der Waals surface area contributed by atoms with Crippen LogP contribution in [0.3, 0.4) is 0 Å². The molecular formula is C9H10ClN3S. The van der Waals surface area contributed by atoms with Crippen LogP contribution in [-0.2, 0) is 0 Å². The summed E-state index contributed by atoms with van der Waals surface area (Å²) < 4.78 is 1.07. The van der Waals surface area contributed by atoms with Crippen molar-refractivity contribution in [3.8, 4) is 0 Å². The molecule has 3 nitrogen and oxygen atoms in total. The Balaban J connectivity index is 0.000000980. The van der Waals surface area contributed by atoms with E-state index in [0.717, 1.165) is 10.1 Å². The quantitative estimate of drug-likeness (QED) is 0.516. The van der Waals surface area contributed by atoms with Gasteiger partial charge in [-0.15, -0.1) is 23.7 Å². The van der Waals surface area contributed by atoms with E-state index in [4.69, 9.17) is 16.9 Å². The fraction of sp³-hybridized carbons (Fsp3) is 0. The maximum atomic E-state index is 7.32. The van der Waals surface area contributed by atoms with Gasteiger partial charge in [0.05, 0.1) is 10.6 Å². The molecule has 1 aromatic heterocycles. The molecule has 0 radical (unpaired) electrons. The van der Waals surface area contributed by atoms with Gasteiger partial charge >= 0.3 is 0 Å². The van der Waals surface area contributed by atoms with E-state index in [1.54, 1.807) is 0 Å². The number of halogens is 1. The van der Waals surface area contributed by atoms with E-state index in [0.29, 0.717) is 10.6 Å². The highest BCUT2D eigenvalue weighted by Gasteiger charge is 2.09. The molecule has 2 rings (SSSR count). The smallest absolute Gasteiger partial charge is 0.135 e. The summed E-state index contributed by atoms with van der Waals surface area (Å²) in [6, 6.07) is 7.79. The van der Waals surface area contributed by atoms with Crippen LogP contribution in [0.15, 0.2) is 24.3 Å². The number of nitrogen functional groups attached to an aromatic ring is 2. The van der Waals surface area contributed by atoms with Gasteiger partial charge in [-0.25, -0.2) is 0 Å². The number of nitrogens with one attached hydrogen (secondary N) is 1. The van der Waals surface area contributed by atoms with E-state index in [9.17, 15) is 0 Å².